The van der Waals surface area contributed by atoms with Crippen LogP contribution in [0.15, 0.2) is 30.3 Å². The lowest BCUT2D eigenvalue weighted by Gasteiger charge is -2.46. The van der Waals surface area contributed by atoms with Gasteiger partial charge in [0.05, 0.1) is 12.2 Å². The lowest BCUT2D eigenvalue weighted by atomic mass is 9.89. The van der Waals surface area contributed by atoms with Gasteiger partial charge in [0.2, 0.25) is 0 Å². The average molecular weight is 303 g/mol. The van der Waals surface area contributed by atoms with E-state index in [0.717, 1.165) is 0 Å². The Labute approximate surface area is 132 Å². The van der Waals surface area contributed by atoms with Crippen molar-refractivity contribution in [1.82, 2.24) is 4.90 Å². The van der Waals surface area contributed by atoms with Crippen molar-refractivity contribution in [2.45, 2.75) is 44.4 Å². The summed E-state index contributed by atoms with van der Waals surface area (Å²) in [7, 11) is 0. The number of piperidine rings is 1. The minimum atomic E-state index is 0.311. The number of rotatable bonds is 3. The van der Waals surface area contributed by atoms with Gasteiger partial charge in [-0.1, -0.05) is 37.3 Å². The number of hydrogen-bond donors (Lipinski definition) is 0. The summed E-state index contributed by atoms with van der Waals surface area (Å²) in [5, 5.41) is 0. The van der Waals surface area contributed by atoms with Crippen LogP contribution >= 0.6 is 11.8 Å². The van der Waals surface area contributed by atoms with Crippen molar-refractivity contribution in [1.29, 1.82) is 0 Å². The van der Waals surface area contributed by atoms with E-state index < -0.39 is 0 Å². The van der Waals surface area contributed by atoms with E-state index in [1.54, 1.807) is 0 Å². The maximum absolute atomic E-state index is 6.40. The Bertz CT molecular complexity index is 487. The number of likely N-dealkylation sites (tertiary alicyclic amines) is 1. The molecule has 0 radical (unpaired) electrons. The van der Waals surface area contributed by atoms with Crippen LogP contribution in [0, 0.1) is 5.41 Å². The van der Waals surface area contributed by atoms with Crippen molar-refractivity contribution in [3.05, 3.63) is 35.9 Å². The highest BCUT2D eigenvalue weighted by Gasteiger charge is 2.44. The monoisotopic (exact) mass is 303 g/mol. The molecule has 3 aliphatic rings. The van der Waals surface area contributed by atoms with Crippen molar-refractivity contribution in [2.75, 3.05) is 24.6 Å². The maximum atomic E-state index is 6.40. The number of hydrogen-bond acceptors (Lipinski definition) is 3. The van der Waals surface area contributed by atoms with Gasteiger partial charge in [-0.05, 0) is 36.8 Å². The van der Waals surface area contributed by atoms with Gasteiger partial charge in [-0.25, -0.2) is 0 Å². The molecule has 3 heteroatoms. The molecule has 0 spiro atoms. The summed E-state index contributed by atoms with van der Waals surface area (Å²) in [5.74, 6) is 2.67. The van der Waals surface area contributed by atoms with Crippen LogP contribution in [0.25, 0.3) is 0 Å². The molecule has 3 aliphatic heterocycles. The largest absolute Gasteiger partial charge is 0.369 e. The molecule has 0 N–H and O–H groups in total. The number of ether oxygens (including phenoxy) is 1. The van der Waals surface area contributed by atoms with Crippen LogP contribution in [0.2, 0.25) is 0 Å². The van der Waals surface area contributed by atoms with Crippen LogP contribution in [0.5, 0.6) is 0 Å². The highest BCUT2D eigenvalue weighted by Crippen LogP contribution is 2.43. The van der Waals surface area contributed by atoms with E-state index in [-0.39, 0.29) is 0 Å². The molecule has 1 aromatic carbocycles. The first-order valence-corrected chi connectivity index (χ1v) is 9.41. The van der Waals surface area contributed by atoms with Crippen molar-refractivity contribution >= 4 is 11.8 Å². The predicted octanol–water partition coefficient (Wildman–Crippen LogP) is 3.73. The molecule has 2 nitrogen and oxygen atoms in total. The van der Waals surface area contributed by atoms with Gasteiger partial charge in [0.15, 0.2) is 0 Å². The quantitative estimate of drug-likeness (QED) is 0.844. The first-order chi connectivity index (χ1) is 10.2. The fourth-order valence-corrected chi connectivity index (χ4v) is 5.23. The molecule has 3 heterocycles. The maximum Gasteiger partial charge on any atom is 0.0845 e. The molecule has 0 saturated carbocycles. The van der Waals surface area contributed by atoms with Gasteiger partial charge < -0.3 is 4.74 Å². The second-order valence-electron chi connectivity index (χ2n) is 7.29. The molecule has 0 aliphatic carbocycles. The standard InChI is InChI=1S/C18H25NOS/c1-18(12-21-13-18)11-19-9-5-8-16-15(19)10-17(20-16)14-6-3-2-4-7-14/h2-4,6-7,15-17H,5,8-13H2,1H3/t15-,16-,17-/m0/s1. The minimum absolute atomic E-state index is 0.311. The molecule has 0 bridgehead atoms. The molecule has 3 saturated heterocycles. The number of thioether (sulfide) groups is 1. The zero-order chi connectivity index (χ0) is 14.3. The first-order valence-electron chi connectivity index (χ1n) is 8.26. The number of benzene rings is 1. The topological polar surface area (TPSA) is 12.5 Å². The third-order valence-corrected chi connectivity index (χ3v) is 7.09. The smallest absolute Gasteiger partial charge is 0.0845 e. The van der Waals surface area contributed by atoms with E-state index in [4.69, 9.17) is 4.74 Å². The highest BCUT2D eigenvalue weighted by molar-refractivity contribution is 8.00. The Hall–Kier alpha value is -0.510. The summed E-state index contributed by atoms with van der Waals surface area (Å²) in [6.45, 7) is 5.00. The van der Waals surface area contributed by atoms with Gasteiger partial charge in [0, 0.05) is 24.1 Å². The highest BCUT2D eigenvalue weighted by atomic mass is 32.2. The SMILES string of the molecule is CC1(CN2CCC[C@@H]3O[C@H](c4ccccc4)C[C@@H]32)CSC1. The molecule has 0 amide bonds. The fraction of sp³-hybridized carbons (Fsp3) is 0.667. The number of nitrogens with zero attached hydrogens (tertiary/aromatic N) is 1. The Morgan fingerprint density at radius 3 is 2.81 bits per heavy atom. The van der Waals surface area contributed by atoms with E-state index in [9.17, 15) is 0 Å². The van der Waals surface area contributed by atoms with Crippen molar-refractivity contribution in [3.63, 3.8) is 0 Å². The second kappa shape index (κ2) is 5.60. The van der Waals surface area contributed by atoms with Crippen molar-refractivity contribution in [3.8, 4) is 0 Å². The summed E-state index contributed by atoms with van der Waals surface area (Å²) in [6.07, 6.45) is 4.49. The van der Waals surface area contributed by atoms with E-state index >= 15 is 0 Å². The van der Waals surface area contributed by atoms with Gasteiger partial charge in [-0.3, -0.25) is 4.90 Å². The second-order valence-corrected chi connectivity index (χ2v) is 8.28. The molecule has 1 aromatic rings. The van der Waals surface area contributed by atoms with Crippen LogP contribution < -0.4 is 0 Å². The van der Waals surface area contributed by atoms with E-state index in [0.29, 0.717) is 23.7 Å². The van der Waals surface area contributed by atoms with E-state index in [1.165, 1.54) is 49.4 Å². The third-order valence-electron chi connectivity index (χ3n) is 5.28. The number of fused-ring (bicyclic) bond motifs is 1. The molecule has 4 rings (SSSR count). The molecule has 21 heavy (non-hydrogen) atoms. The van der Waals surface area contributed by atoms with Crippen LogP contribution in [0.1, 0.15) is 37.9 Å². The first kappa shape index (κ1) is 14.1. The van der Waals surface area contributed by atoms with Crippen LogP contribution in [0.3, 0.4) is 0 Å². The Kier molecular flexibility index (Phi) is 3.76. The molecule has 0 aromatic heterocycles. The zero-order valence-electron chi connectivity index (χ0n) is 12.8. The Morgan fingerprint density at radius 2 is 2.10 bits per heavy atom. The summed E-state index contributed by atoms with van der Waals surface area (Å²) in [4.78, 5) is 2.75. The van der Waals surface area contributed by atoms with Gasteiger partial charge in [-0.2, -0.15) is 11.8 Å². The van der Waals surface area contributed by atoms with Crippen molar-refractivity contribution in [2.24, 2.45) is 5.41 Å². The molecular formula is C18H25NOS. The van der Waals surface area contributed by atoms with Crippen LogP contribution in [0.4, 0.5) is 0 Å². The van der Waals surface area contributed by atoms with E-state index in [1.807, 2.05) is 0 Å². The van der Waals surface area contributed by atoms with Crippen LogP contribution in [-0.4, -0.2) is 41.6 Å². The third kappa shape index (κ3) is 2.76. The Morgan fingerprint density at radius 1 is 1.29 bits per heavy atom. The summed E-state index contributed by atoms with van der Waals surface area (Å²) >= 11 is 2.10. The molecule has 114 valence electrons. The molecule has 3 fully saturated rings. The van der Waals surface area contributed by atoms with Gasteiger partial charge in [0.1, 0.15) is 0 Å². The summed E-state index contributed by atoms with van der Waals surface area (Å²) in [5.41, 5.74) is 1.91. The average Bonchev–Trinajstić information content (AvgIpc) is 2.92. The fourth-order valence-electron chi connectivity index (χ4n) is 4.15. The molecule has 0 unspecified atom stereocenters. The van der Waals surface area contributed by atoms with Gasteiger partial charge in [0.25, 0.3) is 0 Å². The minimum Gasteiger partial charge on any atom is -0.369 e. The lowest BCUT2D eigenvalue weighted by Crippen LogP contribution is -2.52. The summed E-state index contributed by atoms with van der Waals surface area (Å²) in [6, 6.07) is 11.4. The predicted molar refractivity (Wildman–Crippen MR) is 88.7 cm³/mol. The van der Waals surface area contributed by atoms with Gasteiger partial charge >= 0.3 is 0 Å². The summed E-state index contributed by atoms with van der Waals surface area (Å²) < 4.78 is 6.40. The van der Waals surface area contributed by atoms with Crippen LogP contribution in [-0.2, 0) is 4.74 Å². The lowest BCUT2D eigenvalue weighted by molar-refractivity contribution is -0.0110. The van der Waals surface area contributed by atoms with Crippen molar-refractivity contribution < 1.29 is 4.74 Å². The Balaban J connectivity index is 1.47. The molecule has 3 atom stereocenters. The normalized spacial score (nSPS) is 35.2. The van der Waals surface area contributed by atoms with Gasteiger partial charge in [-0.15, -0.1) is 0 Å². The van der Waals surface area contributed by atoms with E-state index in [2.05, 4.69) is 53.9 Å². The molecular weight excluding hydrogens is 278 g/mol. The zero-order valence-corrected chi connectivity index (χ0v) is 13.6.